The number of carbonyl (C=O) groups excluding carboxylic acids is 1. The first-order chi connectivity index (χ1) is 11.3. The van der Waals surface area contributed by atoms with E-state index >= 15 is 0 Å². The van der Waals surface area contributed by atoms with Crippen LogP contribution in [0.15, 0.2) is 22.5 Å². The monoisotopic (exact) mass is 364 g/mol. The zero-order valence-electron chi connectivity index (χ0n) is 14.8. The van der Waals surface area contributed by atoms with E-state index in [-0.39, 0.29) is 11.4 Å². The Labute approximate surface area is 151 Å². The molecule has 130 valence electrons. The topological polar surface area (TPSA) is 66.9 Å². The summed E-state index contributed by atoms with van der Waals surface area (Å²) in [6, 6.07) is 6.23. The highest BCUT2D eigenvalue weighted by Crippen LogP contribution is 2.29. The lowest BCUT2D eigenvalue weighted by Gasteiger charge is -2.24. The van der Waals surface area contributed by atoms with E-state index in [4.69, 9.17) is 0 Å². The Balaban J connectivity index is 1.90. The minimum atomic E-state index is -0.172. The molecule has 0 fully saturated rings. The summed E-state index contributed by atoms with van der Waals surface area (Å²) in [5, 5.41) is 15.3. The van der Waals surface area contributed by atoms with Gasteiger partial charge in [-0.3, -0.25) is 4.79 Å². The molecule has 24 heavy (non-hydrogen) atoms. The maximum absolute atomic E-state index is 12.0. The summed E-state index contributed by atoms with van der Waals surface area (Å²) in [6.07, 6.45) is 0.895. The number of carbonyl (C=O) groups is 1. The van der Waals surface area contributed by atoms with Gasteiger partial charge in [0.1, 0.15) is 0 Å². The van der Waals surface area contributed by atoms with Crippen LogP contribution in [0.1, 0.15) is 38.3 Å². The first kappa shape index (κ1) is 18.7. The van der Waals surface area contributed by atoms with Gasteiger partial charge in [0, 0.05) is 11.2 Å². The van der Waals surface area contributed by atoms with Crippen molar-refractivity contribution in [2.24, 2.45) is 0 Å². The maximum atomic E-state index is 12.0. The summed E-state index contributed by atoms with van der Waals surface area (Å²) >= 11 is 2.87. The average molecular weight is 365 g/mol. The molecule has 0 aliphatic rings. The van der Waals surface area contributed by atoms with Crippen molar-refractivity contribution in [2.45, 2.75) is 50.9 Å². The van der Waals surface area contributed by atoms with Gasteiger partial charge in [-0.25, -0.2) is 0 Å². The fourth-order valence-corrected chi connectivity index (χ4v) is 3.58. The molecule has 2 aromatic rings. The zero-order chi connectivity index (χ0) is 17.7. The van der Waals surface area contributed by atoms with E-state index in [1.807, 2.05) is 19.9 Å². The molecule has 0 saturated heterocycles. The second-order valence-electron chi connectivity index (χ2n) is 6.39. The number of aromatic nitrogens is 2. The van der Waals surface area contributed by atoms with Crippen LogP contribution in [0.5, 0.6) is 0 Å². The largest absolute Gasteiger partial charge is 0.351 e. The van der Waals surface area contributed by atoms with Crippen LogP contribution in [-0.4, -0.2) is 27.4 Å². The molecule has 5 nitrogen and oxygen atoms in total. The fraction of sp³-hybridized carbons (Fsp3) is 0.471. The third-order valence-corrected chi connectivity index (χ3v) is 5.69. The highest BCUT2D eigenvalue weighted by molar-refractivity contribution is 8.01. The molecule has 7 heteroatoms. The van der Waals surface area contributed by atoms with Gasteiger partial charge in [0.15, 0.2) is 4.34 Å². The lowest BCUT2D eigenvalue weighted by atomic mass is 10.0. The minimum Gasteiger partial charge on any atom is -0.351 e. The van der Waals surface area contributed by atoms with Crippen LogP contribution in [-0.2, 0) is 4.79 Å². The Morgan fingerprint density at radius 1 is 1.29 bits per heavy atom. The number of amides is 1. The smallest absolute Gasteiger partial charge is 0.230 e. The van der Waals surface area contributed by atoms with E-state index in [0.717, 1.165) is 21.6 Å². The summed E-state index contributed by atoms with van der Waals surface area (Å²) in [5.41, 5.74) is 3.25. The van der Waals surface area contributed by atoms with Crippen molar-refractivity contribution >= 4 is 39.8 Å². The van der Waals surface area contributed by atoms with Gasteiger partial charge in [-0.1, -0.05) is 47.7 Å². The van der Waals surface area contributed by atoms with Crippen LogP contribution in [0.3, 0.4) is 0 Å². The number of rotatable bonds is 7. The van der Waals surface area contributed by atoms with E-state index < -0.39 is 0 Å². The summed E-state index contributed by atoms with van der Waals surface area (Å²) in [6.45, 7) is 10.2. The van der Waals surface area contributed by atoms with E-state index in [2.05, 4.69) is 53.7 Å². The number of nitrogens with one attached hydrogen (secondary N) is 2. The number of thioether (sulfide) groups is 1. The second kappa shape index (κ2) is 7.98. The maximum Gasteiger partial charge on any atom is 0.230 e. The van der Waals surface area contributed by atoms with Gasteiger partial charge in [-0.2, -0.15) is 0 Å². The molecule has 2 N–H and O–H groups in total. The molecular formula is C17H24N4OS2. The van der Waals surface area contributed by atoms with Gasteiger partial charge in [-0.15, -0.1) is 10.2 Å². The molecule has 1 amide bonds. The normalized spacial score (nSPS) is 11.4. The standard InChI is InChI=1S/C17H24N4OS2/c1-6-17(4,5)19-14(22)10-23-16-21-20-15(24-16)18-13-8-7-11(2)9-12(13)3/h7-9H,6,10H2,1-5H3,(H,18,20)(H,19,22). The SMILES string of the molecule is CCC(C)(C)NC(=O)CSc1nnc(Nc2ccc(C)cc2C)s1. The lowest BCUT2D eigenvalue weighted by molar-refractivity contribution is -0.120. The highest BCUT2D eigenvalue weighted by atomic mass is 32.2. The quantitative estimate of drug-likeness (QED) is 0.717. The van der Waals surface area contributed by atoms with Crippen molar-refractivity contribution in [1.82, 2.24) is 15.5 Å². The summed E-state index contributed by atoms with van der Waals surface area (Å²) < 4.78 is 0.784. The Morgan fingerprint density at radius 3 is 2.71 bits per heavy atom. The van der Waals surface area contributed by atoms with Crippen molar-refractivity contribution in [3.63, 3.8) is 0 Å². The van der Waals surface area contributed by atoms with E-state index in [1.54, 1.807) is 0 Å². The summed E-state index contributed by atoms with van der Waals surface area (Å²) in [7, 11) is 0. The van der Waals surface area contributed by atoms with Gasteiger partial charge in [-0.05, 0) is 45.7 Å². The Bertz CT molecular complexity index is 712. The molecule has 0 aliphatic heterocycles. The number of hydrogen-bond acceptors (Lipinski definition) is 6. The molecule has 0 atom stereocenters. The molecule has 0 radical (unpaired) electrons. The van der Waals surface area contributed by atoms with Gasteiger partial charge in [0.05, 0.1) is 5.75 Å². The molecule has 0 saturated carbocycles. The van der Waals surface area contributed by atoms with Crippen molar-refractivity contribution in [1.29, 1.82) is 0 Å². The number of nitrogens with zero attached hydrogens (tertiary/aromatic N) is 2. The van der Waals surface area contributed by atoms with Crippen LogP contribution in [0, 0.1) is 13.8 Å². The van der Waals surface area contributed by atoms with Crippen LogP contribution < -0.4 is 10.6 Å². The molecular weight excluding hydrogens is 340 g/mol. The van der Waals surface area contributed by atoms with E-state index in [1.165, 1.54) is 34.2 Å². The molecule has 1 heterocycles. The van der Waals surface area contributed by atoms with Crippen LogP contribution in [0.25, 0.3) is 0 Å². The van der Waals surface area contributed by atoms with Crippen molar-refractivity contribution in [2.75, 3.05) is 11.1 Å². The van der Waals surface area contributed by atoms with E-state index in [9.17, 15) is 4.79 Å². The molecule has 1 aromatic heterocycles. The third kappa shape index (κ3) is 5.49. The van der Waals surface area contributed by atoms with Crippen molar-refractivity contribution < 1.29 is 4.79 Å². The molecule has 0 aliphatic carbocycles. The lowest BCUT2D eigenvalue weighted by Crippen LogP contribution is -2.43. The predicted molar refractivity (Wildman–Crippen MR) is 102 cm³/mol. The molecule has 1 aromatic carbocycles. The van der Waals surface area contributed by atoms with Crippen molar-refractivity contribution in [3.8, 4) is 0 Å². The molecule has 2 rings (SSSR count). The Morgan fingerprint density at radius 2 is 2.04 bits per heavy atom. The Hall–Kier alpha value is -1.60. The second-order valence-corrected chi connectivity index (χ2v) is 8.59. The highest BCUT2D eigenvalue weighted by Gasteiger charge is 2.18. The van der Waals surface area contributed by atoms with Crippen LogP contribution >= 0.6 is 23.1 Å². The Kier molecular flexibility index (Phi) is 6.23. The zero-order valence-corrected chi connectivity index (χ0v) is 16.4. The molecule has 0 spiro atoms. The molecule has 0 bridgehead atoms. The van der Waals surface area contributed by atoms with E-state index in [0.29, 0.717) is 5.75 Å². The minimum absolute atomic E-state index is 0.0194. The van der Waals surface area contributed by atoms with Gasteiger partial charge in [0.2, 0.25) is 11.0 Å². The first-order valence-corrected chi connectivity index (χ1v) is 9.71. The number of hydrogen-bond donors (Lipinski definition) is 2. The average Bonchev–Trinajstić information content (AvgIpc) is 2.95. The van der Waals surface area contributed by atoms with Gasteiger partial charge in [0.25, 0.3) is 0 Å². The van der Waals surface area contributed by atoms with Gasteiger partial charge < -0.3 is 10.6 Å². The number of aryl methyl sites for hydroxylation is 2. The first-order valence-electron chi connectivity index (χ1n) is 7.90. The molecule has 0 unspecified atom stereocenters. The fourth-order valence-electron chi connectivity index (χ4n) is 2.02. The third-order valence-electron chi connectivity index (χ3n) is 3.72. The van der Waals surface area contributed by atoms with Crippen molar-refractivity contribution in [3.05, 3.63) is 29.3 Å². The van der Waals surface area contributed by atoms with Crippen LogP contribution in [0.2, 0.25) is 0 Å². The van der Waals surface area contributed by atoms with Crippen LogP contribution in [0.4, 0.5) is 10.8 Å². The number of anilines is 2. The predicted octanol–water partition coefficient (Wildman–Crippen LogP) is 4.30. The van der Waals surface area contributed by atoms with Gasteiger partial charge >= 0.3 is 0 Å². The summed E-state index contributed by atoms with van der Waals surface area (Å²) in [5.74, 6) is 0.368. The summed E-state index contributed by atoms with van der Waals surface area (Å²) in [4.78, 5) is 12.0. The number of benzene rings is 1.